The smallest absolute Gasteiger partial charge is 0.337 e. The van der Waals surface area contributed by atoms with Crippen LogP contribution < -0.4 is 15.8 Å². The zero-order chi connectivity index (χ0) is 23.7. The number of nitrogens with two attached hydrogens (primary N) is 1. The molecule has 0 saturated heterocycles. The molecule has 0 aromatic heterocycles. The second-order valence-electron chi connectivity index (χ2n) is 6.36. The van der Waals surface area contributed by atoms with Crippen molar-refractivity contribution in [2.24, 2.45) is 5.73 Å². The number of halogens is 2. The van der Waals surface area contributed by atoms with Crippen LogP contribution in [0.15, 0.2) is 60.7 Å². The number of carbonyl (C=O) groups excluding carboxylic acids is 2. The van der Waals surface area contributed by atoms with E-state index < -0.39 is 11.9 Å². The van der Waals surface area contributed by atoms with Gasteiger partial charge in [0.2, 0.25) is 0 Å². The highest BCUT2D eigenvalue weighted by Gasteiger charge is 2.11. The van der Waals surface area contributed by atoms with Gasteiger partial charge in [-0.3, -0.25) is 9.59 Å². The monoisotopic (exact) mass is 474 g/mol. The quantitative estimate of drug-likeness (QED) is 0.424. The molecule has 0 spiro atoms. The first-order valence-corrected chi connectivity index (χ1v) is 9.98. The van der Waals surface area contributed by atoms with E-state index in [1.54, 1.807) is 13.1 Å². The average molecular weight is 475 g/mol. The largest absolute Gasteiger partial charge is 0.481 e. The molecular weight excluding hydrogens is 455 g/mol. The van der Waals surface area contributed by atoms with Crippen molar-refractivity contribution in [3.05, 3.63) is 81.8 Å². The highest BCUT2D eigenvalue weighted by molar-refractivity contribution is 6.36. The third-order valence-electron chi connectivity index (χ3n) is 4.15. The van der Waals surface area contributed by atoms with Gasteiger partial charge in [-0.05, 0) is 35.4 Å². The Kier molecular flexibility index (Phi) is 9.07. The van der Waals surface area contributed by atoms with Gasteiger partial charge in [0.25, 0.3) is 5.91 Å². The van der Waals surface area contributed by atoms with E-state index >= 15 is 0 Å². The fourth-order valence-corrected chi connectivity index (χ4v) is 3.27. The van der Waals surface area contributed by atoms with Crippen molar-refractivity contribution in [2.45, 2.75) is 0 Å². The number of aromatic carboxylic acids is 1. The summed E-state index contributed by atoms with van der Waals surface area (Å²) >= 11 is 11.4. The van der Waals surface area contributed by atoms with Gasteiger partial charge in [-0.15, -0.1) is 0 Å². The number of hydrogen-bond donors (Lipinski definition) is 3. The molecule has 0 unspecified atom stereocenters. The number of nitrogens with one attached hydrogen (secondary N) is 1. The van der Waals surface area contributed by atoms with Gasteiger partial charge in [0.1, 0.15) is 5.75 Å². The maximum atomic E-state index is 11.0. The van der Waals surface area contributed by atoms with Gasteiger partial charge in [-0.25, -0.2) is 4.79 Å². The number of carbonyl (C=O) groups is 3. The molecule has 0 atom stereocenters. The normalized spacial score (nSPS) is 9.84. The molecule has 0 radical (unpaired) electrons. The highest BCUT2D eigenvalue weighted by Crippen LogP contribution is 2.31. The molecule has 3 rings (SSSR count). The van der Waals surface area contributed by atoms with Crippen LogP contribution in [0.4, 0.5) is 5.69 Å². The first-order valence-electron chi connectivity index (χ1n) is 9.22. The van der Waals surface area contributed by atoms with Crippen LogP contribution in [0, 0.1) is 0 Å². The van der Waals surface area contributed by atoms with Gasteiger partial charge in [-0.1, -0.05) is 59.6 Å². The molecule has 0 heterocycles. The second kappa shape index (κ2) is 11.7. The minimum Gasteiger partial charge on any atom is -0.481 e. The topological polar surface area (TPSA) is 119 Å². The summed E-state index contributed by atoms with van der Waals surface area (Å²) in [7, 11) is 1.72. The van der Waals surface area contributed by atoms with Gasteiger partial charge in [-0.2, -0.15) is 0 Å². The summed E-state index contributed by atoms with van der Waals surface area (Å²) in [6.07, 6.45) is 0.536. The number of aldehydes is 1. The Hall–Kier alpha value is -3.55. The Morgan fingerprint density at radius 1 is 1.06 bits per heavy atom. The number of anilines is 1. The molecule has 7 nitrogen and oxygen atoms in total. The van der Waals surface area contributed by atoms with Crippen molar-refractivity contribution in [3.8, 4) is 16.9 Å². The summed E-state index contributed by atoms with van der Waals surface area (Å²) in [5.41, 5.74) is 8.04. The summed E-state index contributed by atoms with van der Waals surface area (Å²) in [5.74, 6) is -1.47. The van der Waals surface area contributed by atoms with E-state index in [4.69, 9.17) is 38.8 Å². The molecule has 0 aliphatic rings. The molecule has 0 fully saturated rings. The van der Waals surface area contributed by atoms with Gasteiger partial charge >= 0.3 is 5.97 Å². The molecule has 3 aromatic rings. The van der Waals surface area contributed by atoms with Crippen LogP contribution in [0.1, 0.15) is 20.7 Å². The Bertz CT molecular complexity index is 1120. The standard InChI is InChI=1S/C14H13NO2.C9H7Cl2NO3/c1-15-13-9-11(7-8-12(13)14(16)17)10-5-3-2-4-6-10;10-6-1-5(3-13)9(7(11)2-6)15-4-8(12)14/h2-9,15H,1H3,(H,16,17);1-3H,4H2,(H2,12,14). The lowest BCUT2D eigenvalue weighted by Crippen LogP contribution is -2.20. The Labute approximate surface area is 194 Å². The molecule has 0 bridgehead atoms. The number of hydrogen-bond acceptors (Lipinski definition) is 5. The number of ether oxygens (including phenoxy) is 1. The first-order chi connectivity index (χ1) is 15.3. The molecule has 1 amide bonds. The number of benzene rings is 3. The second-order valence-corrected chi connectivity index (χ2v) is 7.20. The van der Waals surface area contributed by atoms with Crippen molar-refractivity contribution in [2.75, 3.05) is 19.0 Å². The van der Waals surface area contributed by atoms with Crippen LogP contribution in [0.25, 0.3) is 11.1 Å². The van der Waals surface area contributed by atoms with Crippen LogP contribution in [0.2, 0.25) is 10.0 Å². The van der Waals surface area contributed by atoms with E-state index in [9.17, 15) is 14.4 Å². The van der Waals surface area contributed by atoms with E-state index in [0.29, 0.717) is 17.0 Å². The first kappa shape index (κ1) is 24.7. The lowest BCUT2D eigenvalue weighted by molar-refractivity contribution is -0.119. The van der Waals surface area contributed by atoms with E-state index in [1.807, 2.05) is 42.5 Å². The zero-order valence-corrected chi connectivity index (χ0v) is 18.5. The summed E-state index contributed by atoms with van der Waals surface area (Å²) in [4.78, 5) is 32.1. The molecule has 32 heavy (non-hydrogen) atoms. The zero-order valence-electron chi connectivity index (χ0n) is 17.0. The summed E-state index contributed by atoms with van der Waals surface area (Å²) in [6.45, 7) is -0.345. The predicted octanol–water partition coefficient (Wildman–Crippen LogP) is 4.76. The maximum absolute atomic E-state index is 11.0. The fourth-order valence-electron chi connectivity index (χ4n) is 2.71. The van der Waals surface area contributed by atoms with E-state index in [0.717, 1.165) is 11.1 Å². The molecule has 3 aromatic carbocycles. The van der Waals surface area contributed by atoms with Crippen LogP contribution in [-0.4, -0.2) is 36.9 Å². The predicted molar refractivity (Wildman–Crippen MR) is 125 cm³/mol. The van der Waals surface area contributed by atoms with Gasteiger partial charge in [0.05, 0.1) is 16.1 Å². The van der Waals surface area contributed by atoms with Crippen molar-refractivity contribution < 1.29 is 24.2 Å². The summed E-state index contributed by atoms with van der Waals surface area (Å²) in [6, 6.07) is 17.9. The third-order valence-corrected chi connectivity index (χ3v) is 4.65. The lowest BCUT2D eigenvalue weighted by atomic mass is 10.0. The molecule has 0 aliphatic heterocycles. The SMILES string of the molecule is CNc1cc(-c2ccccc2)ccc1C(=O)O.NC(=O)COc1c(Cl)cc(Cl)cc1C=O. The maximum Gasteiger partial charge on any atom is 0.337 e. The van der Waals surface area contributed by atoms with Gasteiger partial charge in [0, 0.05) is 17.8 Å². The fraction of sp³-hybridized carbons (Fsp3) is 0.0870. The van der Waals surface area contributed by atoms with Crippen LogP contribution in [0.3, 0.4) is 0 Å². The Balaban J connectivity index is 0.000000229. The Morgan fingerprint density at radius 3 is 2.31 bits per heavy atom. The molecule has 4 N–H and O–H groups in total. The molecule has 0 aliphatic carbocycles. The van der Waals surface area contributed by atoms with Gasteiger partial charge < -0.3 is 20.9 Å². The summed E-state index contributed by atoms with van der Waals surface area (Å²) in [5, 5.41) is 12.4. The highest BCUT2D eigenvalue weighted by atomic mass is 35.5. The van der Waals surface area contributed by atoms with Crippen molar-refractivity contribution in [1.82, 2.24) is 0 Å². The number of rotatable bonds is 7. The summed E-state index contributed by atoms with van der Waals surface area (Å²) < 4.78 is 4.98. The van der Waals surface area contributed by atoms with Gasteiger partial charge in [0.15, 0.2) is 12.9 Å². The number of amides is 1. The lowest BCUT2D eigenvalue weighted by Gasteiger charge is -2.08. The Morgan fingerprint density at radius 2 is 1.75 bits per heavy atom. The van der Waals surface area contributed by atoms with Crippen molar-refractivity contribution in [3.63, 3.8) is 0 Å². The molecule has 9 heteroatoms. The van der Waals surface area contributed by atoms with Crippen molar-refractivity contribution >= 4 is 47.1 Å². The third kappa shape index (κ3) is 6.73. The molecule has 0 saturated carbocycles. The molecular formula is C23H20Cl2N2O5. The van der Waals surface area contributed by atoms with Crippen molar-refractivity contribution in [1.29, 1.82) is 0 Å². The number of carboxylic acids is 1. The van der Waals surface area contributed by atoms with E-state index in [1.165, 1.54) is 12.1 Å². The van der Waals surface area contributed by atoms with Crippen LogP contribution >= 0.6 is 23.2 Å². The number of primary amides is 1. The average Bonchev–Trinajstić information content (AvgIpc) is 2.78. The minimum absolute atomic E-state index is 0.106. The van der Waals surface area contributed by atoms with Crippen LogP contribution in [-0.2, 0) is 4.79 Å². The van der Waals surface area contributed by atoms with Crippen LogP contribution in [0.5, 0.6) is 5.75 Å². The molecule has 166 valence electrons. The van der Waals surface area contributed by atoms with E-state index in [2.05, 4.69) is 5.32 Å². The number of carboxylic acid groups (broad SMARTS) is 1. The van der Waals surface area contributed by atoms with E-state index in [-0.39, 0.29) is 28.5 Å². The minimum atomic E-state index is -0.922.